The number of fused-ring (bicyclic) bond motifs is 3. The first-order chi connectivity index (χ1) is 10.7. The van der Waals surface area contributed by atoms with Crippen molar-refractivity contribution >= 4 is 0 Å². The van der Waals surface area contributed by atoms with Gasteiger partial charge in [-0.25, -0.2) is 0 Å². The summed E-state index contributed by atoms with van der Waals surface area (Å²) in [6, 6.07) is 15.7. The van der Waals surface area contributed by atoms with E-state index < -0.39 is 0 Å². The fourth-order valence-corrected chi connectivity index (χ4v) is 3.29. The summed E-state index contributed by atoms with van der Waals surface area (Å²) in [5.41, 5.74) is 7.01. The Hall–Kier alpha value is -1.60. The van der Waals surface area contributed by atoms with Crippen LogP contribution >= 0.6 is 0 Å². The Bertz CT molecular complexity index is 713. The van der Waals surface area contributed by atoms with Crippen molar-refractivity contribution in [3.63, 3.8) is 0 Å². The van der Waals surface area contributed by atoms with E-state index in [0.29, 0.717) is 5.92 Å². The topological polar surface area (TPSA) is 9.23 Å². The number of rotatable bonds is 2. The molecule has 1 aliphatic rings. The van der Waals surface area contributed by atoms with Crippen LogP contribution in [0.5, 0.6) is 0 Å². The molecule has 1 aliphatic carbocycles. The molecule has 0 saturated carbocycles. The number of hydrogen-bond acceptors (Lipinski definition) is 1. The van der Waals surface area contributed by atoms with E-state index in [2.05, 4.69) is 84.0 Å². The van der Waals surface area contributed by atoms with Crippen molar-refractivity contribution in [2.75, 3.05) is 6.61 Å². The highest BCUT2D eigenvalue weighted by molar-refractivity contribution is 5.79. The highest BCUT2D eigenvalue weighted by Crippen LogP contribution is 2.46. The standard InChI is InChI=1S/C22H28O/c1-21(2,3)15-11-12-18-16-9-7-8-10-17(16)20(19(18)13-15)14-23-22(4,5)6/h7-13,20H,14H2,1-6H3. The molecule has 3 rings (SSSR count). The molecule has 1 heteroatoms. The van der Waals surface area contributed by atoms with Crippen molar-refractivity contribution in [1.82, 2.24) is 0 Å². The summed E-state index contributed by atoms with van der Waals surface area (Å²) in [5.74, 6) is 0.336. The molecule has 122 valence electrons. The molecule has 0 heterocycles. The van der Waals surface area contributed by atoms with E-state index in [0.717, 1.165) is 6.61 Å². The fraction of sp³-hybridized carbons (Fsp3) is 0.455. The minimum atomic E-state index is -0.112. The molecular weight excluding hydrogens is 280 g/mol. The molecule has 2 aromatic rings. The van der Waals surface area contributed by atoms with Crippen LogP contribution in [0.3, 0.4) is 0 Å². The largest absolute Gasteiger partial charge is 0.375 e. The lowest BCUT2D eigenvalue weighted by atomic mass is 9.84. The van der Waals surface area contributed by atoms with Crippen molar-refractivity contribution in [3.8, 4) is 11.1 Å². The number of ether oxygens (including phenoxy) is 1. The maximum atomic E-state index is 6.15. The summed E-state index contributed by atoms with van der Waals surface area (Å²) >= 11 is 0. The molecule has 0 bridgehead atoms. The molecule has 0 spiro atoms. The van der Waals surface area contributed by atoms with Crippen LogP contribution in [0.4, 0.5) is 0 Å². The van der Waals surface area contributed by atoms with E-state index in [1.54, 1.807) is 0 Å². The zero-order chi connectivity index (χ0) is 16.8. The van der Waals surface area contributed by atoms with Gasteiger partial charge in [-0.05, 0) is 54.0 Å². The van der Waals surface area contributed by atoms with Gasteiger partial charge in [0.1, 0.15) is 0 Å². The predicted octanol–water partition coefficient (Wildman–Crippen LogP) is 5.91. The van der Waals surface area contributed by atoms with Crippen LogP contribution in [0.15, 0.2) is 42.5 Å². The third kappa shape index (κ3) is 3.21. The van der Waals surface area contributed by atoms with Gasteiger partial charge in [0.15, 0.2) is 0 Å². The van der Waals surface area contributed by atoms with Gasteiger partial charge in [-0.15, -0.1) is 0 Å². The van der Waals surface area contributed by atoms with Crippen LogP contribution in [-0.4, -0.2) is 12.2 Å². The quantitative estimate of drug-likeness (QED) is 0.670. The Morgan fingerprint density at radius 1 is 0.826 bits per heavy atom. The summed E-state index contributed by atoms with van der Waals surface area (Å²) in [5, 5.41) is 0. The average Bonchev–Trinajstić information content (AvgIpc) is 2.77. The first-order valence-corrected chi connectivity index (χ1v) is 8.54. The lowest BCUT2D eigenvalue weighted by molar-refractivity contribution is -0.00627. The second kappa shape index (κ2) is 5.49. The second-order valence-corrected chi connectivity index (χ2v) is 8.62. The average molecular weight is 308 g/mol. The summed E-state index contributed by atoms with van der Waals surface area (Å²) < 4.78 is 6.15. The van der Waals surface area contributed by atoms with Gasteiger partial charge in [0.05, 0.1) is 12.2 Å². The number of hydrogen-bond donors (Lipinski definition) is 0. The van der Waals surface area contributed by atoms with Gasteiger partial charge in [0.25, 0.3) is 0 Å². The van der Waals surface area contributed by atoms with Crippen LogP contribution < -0.4 is 0 Å². The Morgan fingerprint density at radius 2 is 1.48 bits per heavy atom. The third-order valence-corrected chi connectivity index (χ3v) is 4.60. The molecule has 1 atom stereocenters. The predicted molar refractivity (Wildman–Crippen MR) is 98.1 cm³/mol. The Kier molecular flexibility index (Phi) is 3.88. The first-order valence-electron chi connectivity index (χ1n) is 8.54. The molecule has 0 fully saturated rings. The van der Waals surface area contributed by atoms with E-state index in [1.165, 1.54) is 27.8 Å². The zero-order valence-corrected chi connectivity index (χ0v) is 15.2. The van der Waals surface area contributed by atoms with Crippen LogP contribution in [0.2, 0.25) is 0 Å². The molecule has 1 unspecified atom stereocenters. The van der Waals surface area contributed by atoms with Gasteiger partial charge < -0.3 is 4.74 Å². The van der Waals surface area contributed by atoms with Crippen molar-refractivity contribution in [2.24, 2.45) is 0 Å². The smallest absolute Gasteiger partial charge is 0.0598 e. The molecule has 0 radical (unpaired) electrons. The highest BCUT2D eigenvalue weighted by Gasteiger charge is 2.31. The normalized spacial score (nSPS) is 17.0. The van der Waals surface area contributed by atoms with E-state index in [9.17, 15) is 0 Å². The fourth-order valence-electron chi connectivity index (χ4n) is 3.29. The lowest BCUT2D eigenvalue weighted by Gasteiger charge is -2.25. The Labute approximate surface area is 140 Å². The minimum Gasteiger partial charge on any atom is -0.375 e. The van der Waals surface area contributed by atoms with Crippen molar-refractivity contribution in [3.05, 3.63) is 59.2 Å². The molecular formula is C22H28O. The SMILES string of the molecule is CC(C)(C)OCC1c2ccccc2-c2ccc(C(C)(C)C)cc21. The summed E-state index contributed by atoms with van der Waals surface area (Å²) in [7, 11) is 0. The van der Waals surface area contributed by atoms with E-state index in [4.69, 9.17) is 4.74 Å². The van der Waals surface area contributed by atoms with Crippen LogP contribution in [0.25, 0.3) is 11.1 Å². The van der Waals surface area contributed by atoms with Crippen LogP contribution in [0, 0.1) is 0 Å². The highest BCUT2D eigenvalue weighted by atomic mass is 16.5. The lowest BCUT2D eigenvalue weighted by Crippen LogP contribution is -2.23. The molecule has 0 amide bonds. The van der Waals surface area contributed by atoms with E-state index in [1.807, 2.05) is 0 Å². The second-order valence-electron chi connectivity index (χ2n) is 8.62. The van der Waals surface area contributed by atoms with Crippen molar-refractivity contribution in [1.29, 1.82) is 0 Å². The van der Waals surface area contributed by atoms with Crippen LogP contribution in [-0.2, 0) is 10.2 Å². The van der Waals surface area contributed by atoms with E-state index in [-0.39, 0.29) is 11.0 Å². The molecule has 0 N–H and O–H groups in total. The van der Waals surface area contributed by atoms with Gasteiger partial charge in [-0.1, -0.05) is 63.2 Å². The molecule has 0 aromatic heterocycles. The molecule has 2 aromatic carbocycles. The summed E-state index contributed by atoms with van der Waals surface area (Å²) in [4.78, 5) is 0. The monoisotopic (exact) mass is 308 g/mol. The summed E-state index contributed by atoms with van der Waals surface area (Å²) in [6.45, 7) is 13.9. The minimum absolute atomic E-state index is 0.112. The number of benzene rings is 2. The first kappa shape index (κ1) is 16.3. The van der Waals surface area contributed by atoms with Crippen molar-refractivity contribution in [2.45, 2.75) is 58.5 Å². The zero-order valence-electron chi connectivity index (χ0n) is 15.2. The maximum Gasteiger partial charge on any atom is 0.0598 e. The summed E-state index contributed by atoms with van der Waals surface area (Å²) in [6.07, 6.45) is 0. The Morgan fingerprint density at radius 3 is 2.13 bits per heavy atom. The van der Waals surface area contributed by atoms with Crippen LogP contribution in [0.1, 0.15) is 64.2 Å². The van der Waals surface area contributed by atoms with Crippen molar-refractivity contribution < 1.29 is 4.74 Å². The van der Waals surface area contributed by atoms with Gasteiger partial charge in [0.2, 0.25) is 0 Å². The molecule has 1 nitrogen and oxygen atoms in total. The molecule has 0 aliphatic heterocycles. The third-order valence-electron chi connectivity index (χ3n) is 4.60. The van der Waals surface area contributed by atoms with Gasteiger partial charge in [-0.3, -0.25) is 0 Å². The van der Waals surface area contributed by atoms with Gasteiger partial charge in [-0.2, -0.15) is 0 Å². The maximum absolute atomic E-state index is 6.15. The van der Waals surface area contributed by atoms with Gasteiger partial charge >= 0.3 is 0 Å². The van der Waals surface area contributed by atoms with E-state index >= 15 is 0 Å². The van der Waals surface area contributed by atoms with Gasteiger partial charge in [0, 0.05) is 5.92 Å². The molecule has 23 heavy (non-hydrogen) atoms. The Balaban J connectivity index is 2.06. The molecule has 0 saturated heterocycles.